The van der Waals surface area contributed by atoms with Crippen LogP contribution in [0.5, 0.6) is 0 Å². The maximum Gasteiger partial charge on any atom is 0.131 e. The molecule has 0 saturated heterocycles. The Morgan fingerprint density at radius 3 is 2.69 bits per heavy atom. The topological polar surface area (TPSA) is 36.4 Å². The van der Waals surface area contributed by atoms with E-state index in [0.717, 1.165) is 23.5 Å². The quantitative estimate of drug-likeness (QED) is 0.773. The van der Waals surface area contributed by atoms with Crippen molar-refractivity contribution < 1.29 is 5.11 Å². The molecule has 0 aromatic carbocycles. The van der Waals surface area contributed by atoms with Crippen LogP contribution in [0.4, 0.5) is 5.82 Å². The van der Waals surface area contributed by atoms with Crippen molar-refractivity contribution in [3.63, 3.8) is 0 Å². The normalized spacial score (nSPS) is 10.6. The molecule has 0 spiro atoms. The predicted molar refractivity (Wildman–Crippen MR) is 67.6 cm³/mol. The zero-order valence-electron chi connectivity index (χ0n) is 10.3. The summed E-state index contributed by atoms with van der Waals surface area (Å²) in [5, 5.41) is 9.03. The van der Waals surface area contributed by atoms with Crippen LogP contribution < -0.4 is 4.90 Å². The smallest absolute Gasteiger partial charge is 0.131 e. The highest BCUT2D eigenvalue weighted by atomic mass is 16.3. The molecule has 1 N–H and O–H groups in total. The fourth-order valence-corrected chi connectivity index (χ4v) is 1.69. The van der Waals surface area contributed by atoms with Crippen LogP contribution in [0.3, 0.4) is 0 Å². The first kappa shape index (κ1) is 12.7. The summed E-state index contributed by atoms with van der Waals surface area (Å²) >= 11 is 0. The summed E-state index contributed by atoms with van der Waals surface area (Å²) < 4.78 is 0. The van der Waals surface area contributed by atoms with Crippen LogP contribution in [0.15, 0.2) is 24.9 Å². The van der Waals surface area contributed by atoms with Crippen LogP contribution in [-0.2, 0) is 6.61 Å². The summed E-state index contributed by atoms with van der Waals surface area (Å²) in [6.07, 6.45) is 3.60. The lowest BCUT2D eigenvalue weighted by atomic mass is 10.2. The molecular formula is C13H20N2O. The second-order valence-corrected chi connectivity index (χ2v) is 4.18. The highest BCUT2D eigenvalue weighted by molar-refractivity contribution is 5.48. The van der Waals surface area contributed by atoms with Crippen molar-refractivity contribution in [1.82, 2.24) is 4.98 Å². The monoisotopic (exact) mass is 220 g/mol. The SMILES string of the molecule is C=CCN(c1ncc(CO)cc1C)C(C)C. The van der Waals surface area contributed by atoms with Crippen molar-refractivity contribution in [2.45, 2.75) is 33.4 Å². The van der Waals surface area contributed by atoms with Gasteiger partial charge in [0.1, 0.15) is 5.82 Å². The van der Waals surface area contributed by atoms with E-state index in [1.165, 1.54) is 0 Å². The minimum Gasteiger partial charge on any atom is -0.392 e. The van der Waals surface area contributed by atoms with Gasteiger partial charge in [0.2, 0.25) is 0 Å². The first-order chi connectivity index (χ1) is 7.60. The van der Waals surface area contributed by atoms with Gasteiger partial charge in [-0.3, -0.25) is 0 Å². The van der Waals surface area contributed by atoms with E-state index in [9.17, 15) is 0 Å². The lowest BCUT2D eigenvalue weighted by Crippen LogP contribution is -2.32. The summed E-state index contributed by atoms with van der Waals surface area (Å²) in [5.41, 5.74) is 1.94. The number of aliphatic hydroxyl groups is 1. The molecule has 1 aromatic heterocycles. The molecule has 0 saturated carbocycles. The van der Waals surface area contributed by atoms with E-state index in [0.29, 0.717) is 6.04 Å². The molecular weight excluding hydrogens is 200 g/mol. The molecule has 0 aliphatic heterocycles. The average Bonchev–Trinajstić information content (AvgIpc) is 2.26. The van der Waals surface area contributed by atoms with Crippen molar-refractivity contribution in [2.75, 3.05) is 11.4 Å². The third-order valence-corrected chi connectivity index (χ3v) is 2.51. The molecule has 3 nitrogen and oxygen atoms in total. The number of aromatic nitrogens is 1. The Morgan fingerprint density at radius 1 is 1.56 bits per heavy atom. The molecule has 88 valence electrons. The summed E-state index contributed by atoms with van der Waals surface area (Å²) in [6, 6.07) is 2.35. The number of pyridine rings is 1. The zero-order valence-corrected chi connectivity index (χ0v) is 10.3. The number of aryl methyl sites for hydroxylation is 1. The fourth-order valence-electron chi connectivity index (χ4n) is 1.69. The van der Waals surface area contributed by atoms with E-state index in [1.54, 1.807) is 6.20 Å². The first-order valence-corrected chi connectivity index (χ1v) is 5.54. The lowest BCUT2D eigenvalue weighted by molar-refractivity contribution is 0.281. The van der Waals surface area contributed by atoms with E-state index in [4.69, 9.17) is 5.11 Å². The van der Waals surface area contributed by atoms with Crippen molar-refractivity contribution >= 4 is 5.82 Å². The minimum absolute atomic E-state index is 0.0389. The third-order valence-electron chi connectivity index (χ3n) is 2.51. The Labute approximate surface area is 97.4 Å². The third kappa shape index (κ3) is 2.83. The summed E-state index contributed by atoms with van der Waals surface area (Å²) in [7, 11) is 0. The van der Waals surface area contributed by atoms with Crippen LogP contribution in [0.1, 0.15) is 25.0 Å². The van der Waals surface area contributed by atoms with Crippen LogP contribution >= 0.6 is 0 Å². The number of aliphatic hydroxyl groups excluding tert-OH is 1. The standard InChI is InChI=1S/C13H20N2O/c1-5-6-15(10(2)3)13-11(4)7-12(9-16)8-14-13/h5,7-8,10,16H,1,6,9H2,2-4H3. The van der Waals surface area contributed by atoms with Gasteiger partial charge < -0.3 is 10.0 Å². The molecule has 0 aliphatic rings. The summed E-state index contributed by atoms with van der Waals surface area (Å²) in [5.74, 6) is 0.965. The van der Waals surface area contributed by atoms with E-state index in [-0.39, 0.29) is 6.61 Å². The summed E-state index contributed by atoms with van der Waals surface area (Å²) in [4.78, 5) is 6.59. The summed E-state index contributed by atoms with van der Waals surface area (Å²) in [6.45, 7) is 10.9. The number of hydrogen-bond donors (Lipinski definition) is 1. The molecule has 1 rings (SSSR count). The molecule has 0 amide bonds. The maximum atomic E-state index is 9.03. The molecule has 16 heavy (non-hydrogen) atoms. The van der Waals surface area contributed by atoms with Gasteiger partial charge in [-0.15, -0.1) is 6.58 Å². The van der Waals surface area contributed by atoms with E-state index in [2.05, 4.69) is 30.3 Å². The second-order valence-electron chi connectivity index (χ2n) is 4.18. The molecule has 0 bridgehead atoms. The predicted octanol–water partition coefficient (Wildman–Crippen LogP) is 2.28. The highest BCUT2D eigenvalue weighted by Crippen LogP contribution is 2.20. The van der Waals surface area contributed by atoms with E-state index < -0.39 is 0 Å². The minimum atomic E-state index is 0.0389. The van der Waals surface area contributed by atoms with Gasteiger partial charge in [0, 0.05) is 18.8 Å². The number of nitrogens with zero attached hydrogens (tertiary/aromatic N) is 2. The molecule has 1 heterocycles. The van der Waals surface area contributed by atoms with E-state index >= 15 is 0 Å². The Morgan fingerprint density at radius 2 is 2.25 bits per heavy atom. The van der Waals surface area contributed by atoms with Gasteiger partial charge in [-0.05, 0) is 38.0 Å². The van der Waals surface area contributed by atoms with Crippen LogP contribution in [0, 0.1) is 6.92 Å². The molecule has 1 aromatic rings. The van der Waals surface area contributed by atoms with Gasteiger partial charge in [0.25, 0.3) is 0 Å². The van der Waals surface area contributed by atoms with Gasteiger partial charge in [0.05, 0.1) is 6.61 Å². The largest absolute Gasteiger partial charge is 0.392 e. The van der Waals surface area contributed by atoms with Crippen molar-refractivity contribution in [1.29, 1.82) is 0 Å². The average molecular weight is 220 g/mol. The zero-order chi connectivity index (χ0) is 12.1. The maximum absolute atomic E-state index is 9.03. The van der Waals surface area contributed by atoms with Gasteiger partial charge in [-0.2, -0.15) is 0 Å². The van der Waals surface area contributed by atoms with Gasteiger partial charge in [0.15, 0.2) is 0 Å². The molecule has 0 unspecified atom stereocenters. The van der Waals surface area contributed by atoms with Crippen molar-refractivity contribution in [3.8, 4) is 0 Å². The number of rotatable bonds is 5. The van der Waals surface area contributed by atoms with Crippen molar-refractivity contribution in [2.24, 2.45) is 0 Å². The second kappa shape index (κ2) is 5.66. The Kier molecular flexibility index (Phi) is 4.50. The van der Waals surface area contributed by atoms with Gasteiger partial charge in [-0.1, -0.05) is 6.08 Å². The lowest BCUT2D eigenvalue weighted by Gasteiger charge is -2.28. The number of anilines is 1. The Hall–Kier alpha value is -1.35. The molecule has 0 fully saturated rings. The van der Waals surface area contributed by atoms with Crippen LogP contribution in [0.25, 0.3) is 0 Å². The molecule has 0 atom stereocenters. The molecule has 3 heteroatoms. The number of hydrogen-bond acceptors (Lipinski definition) is 3. The highest BCUT2D eigenvalue weighted by Gasteiger charge is 2.12. The van der Waals surface area contributed by atoms with Crippen LogP contribution in [-0.4, -0.2) is 22.7 Å². The van der Waals surface area contributed by atoms with Crippen molar-refractivity contribution in [3.05, 3.63) is 36.0 Å². The Balaban J connectivity index is 3.04. The van der Waals surface area contributed by atoms with E-state index in [1.807, 2.05) is 19.1 Å². The first-order valence-electron chi connectivity index (χ1n) is 5.54. The van der Waals surface area contributed by atoms with Crippen LogP contribution in [0.2, 0.25) is 0 Å². The Bertz CT molecular complexity index is 361. The van der Waals surface area contributed by atoms with Gasteiger partial charge >= 0.3 is 0 Å². The van der Waals surface area contributed by atoms with Gasteiger partial charge in [-0.25, -0.2) is 4.98 Å². The molecule has 0 radical (unpaired) electrons. The molecule has 0 aliphatic carbocycles. The fraction of sp³-hybridized carbons (Fsp3) is 0.462.